The molecule has 0 bridgehead atoms. The number of para-hydroxylation sites is 2. The third-order valence-electron chi connectivity index (χ3n) is 11.0. The SMILES string of the molecule is COc1c(CON(C)c2ccccc2Cl)cc2ccccc2c1N=Nc1ccc(-c2nnc(-c3ccc(N=Nc4c(OC)c(C(=O)N(C)c5ccccc5Cl)cc5ccccc45)cc3)o2)cc1. The fourth-order valence-electron chi connectivity index (χ4n) is 7.54. The molecule has 9 aromatic rings. The number of halogens is 2. The molecular formula is C52H40Cl2N8O5. The van der Waals surface area contributed by atoms with Crippen molar-refractivity contribution in [1.82, 2.24) is 10.2 Å². The molecule has 9 rings (SSSR count). The summed E-state index contributed by atoms with van der Waals surface area (Å²) in [5, 5.41) is 33.1. The van der Waals surface area contributed by atoms with Gasteiger partial charge in [0.2, 0.25) is 11.8 Å². The molecule has 0 radical (unpaired) electrons. The Balaban J connectivity index is 0.912. The zero-order valence-corrected chi connectivity index (χ0v) is 38.1. The van der Waals surface area contributed by atoms with Crippen LogP contribution in [0, 0.1) is 0 Å². The first-order valence-corrected chi connectivity index (χ1v) is 21.7. The summed E-state index contributed by atoms with van der Waals surface area (Å²) in [6, 6.07) is 48.5. The molecule has 1 aromatic heterocycles. The highest BCUT2D eigenvalue weighted by molar-refractivity contribution is 6.34. The highest BCUT2D eigenvalue weighted by Gasteiger charge is 2.24. The normalized spacial score (nSPS) is 11.5. The number of rotatable bonds is 14. The Labute approximate surface area is 395 Å². The molecule has 15 heteroatoms. The van der Waals surface area contributed by atoms with E-state index in [-0.39, 0.29) is 18.3 Å². The van der Waals surface area contributed by atoms with E-state index in [1.54, 1.807) is 56.6 Å². The molecule has 1 amide bonds. The van der Waals surface area contributed by atoms with Crippen molar-refractivity contribution in [3.05, 3.63) is 179 Å². The topological polar surface area (TPSA) is 140 Å². The highest BCUT2D eigenvalue weighted by Crippen LogP contribution is 2.43. The van der Waals surface area contributed by atoms with Crippen LogP contribution in [0.2, 0.25) is 10.0 Å². The van der Waals surface area contributed by atoms with Crippen LogP contribution in [-0.4, -0.2) is 44.4 Å². The summed E-state index contributed by atoms with van der Waals surface area (Å²) in [5.41, 5.74) is 5.94. The van der Waals surface area contributed by atoms with Crippen molar-refractivity contribution in [3.63, 3.8) is 0 Å². The molecule has 0 atom stereocenters. The van der Waals surface area contributed by atoms with E-state index in [9.17, 15) is 4.79 Å². The number of ether oxygens (including phenoxy) is 2. The summed E-state index contributed by atoms with van der Waals surface area (Å²) in [6.45, 7) is 0.201. The van der Waals surface area contributed by atoms with Crippen LogP contribution in [0.1, 0.15) is 15.9 Å². The summed E-state index contributed by atoms with van der Waals surface area (Å²) in [4.78, 5) is 21.5. The number of hydrogen-bond acceptors (Lipinski definition) is 12. The monoisotopic (exact) mass is 926 g/mol. The van der Waals surface area contributed by atoms with E-state index in [0.717, 1.165) is 32.8 Å². The lowest BCUT2D eigenvalue weighted by Gasteiger charge is -2.21. The molecule has 0 N–H and O–H groups in total. The molecule has 0 saturated carbocycles. The first-order valence-electron chi connectivity index (χ1n) is 20.9. The molecule has 332 valence electrons. The smallest absolute Gasteiger partial charge is 0.261 e. The third kappa shape index (κ3) is 9.29. The zero-order valence-electron chi connectivity index (χ0n) is 36.6. The first-order chi connectivity index (χ1) is 32.7. The number of amides is 1. The van der Waals surface area contributed by atoms with Crippen molar-refractivity contribution in [3.8, 4) is 34.4 Å². The molecule has 0 saturated heterocycles. The summed E-state index contributed by atoms with van der Waals surface area (Å²) in [5.74, 6) is 1.18. The lowest BCUT2D eigenvalue weighted by molar-refractivity contribution is 0.0990. The third-order valence-corrected chi connectivity index (χ3v) is 11.6. The van der Waals surface area contributed by atoms with Crippen LogP contribution in [0.3, 0.4) is 0 Å². The zero-order chi connectivity index (χ0) is 46.4. The average Bonchev–Trinajstić information content (AvgIpc) is 3.87. The van der Waals surface area contributed by atoms with Gasteiger partial charge in [0.25, 0.3) is 5.91 Å². The van der Waals surface area contributed by atoms with Crippen molar-refractivity contribution in [1.29, 1.82) is 0 Å². The van der Waals surface area contributed by atoms with E-state index >= 15 is 0 Å². The Kier molecular flexibility index (Phi) is 13.0. The second-order valence-electron chi connectivity index (χ2n) is 15.1. The molecule has 0 fully saturated rings. The number of aromatic nitrogens is 2. The van der Waals surface area contributed by atoms with Gasteiger partial charge in [-0.15, -0.1) is 20.4 Å². The number of fused-ring (bicyclic) bond motifs is 2. The van der Waals surface area contributed by atoms with Crippen LogP contribution < -0.4 is 19.4 Å². The summed E-state index contributed by atoms with van der Waals surface area (Å²) in [7, 11) is 6.58. The molecule has 13 nitrogen and oxygen atoms in total. The number of hydrogen-bond donors (Lipinski definition) is 0. The number of azo groups is 2. The fraction of sp³-hybridized carbons (Fsp3) is 0.0962. The van der Waals surface area contributed by atoms with Gasteiger partial charge in [-0.2, -0.15) is 10.2 Å². The fourth-order valence-corrected chi connectivity index (χ4v) is 8.06. The van der Waals surface area contributed by atoms with E-state index < -0.39 is 0 Å². The van der Waals surface area contributed by atoms with Crippen molar-refractivity contribution in [2.75, 3.05) is 38.3 Å². The number of benzene rings is 8. The van der Waals surface area contributed by atoms with Crippen LogP contribution in [-0.2, 0) is 11.4 Å². The van der Waals surface area contributed by atoms with E-state index in [1.807, 2.05) is 127 Å². The Bertz CT molecular complexity index is 3320. The Hall–Kier alpha value is -7.97. The number of hydroxylamine groups is 1. The molecule has 0 aliphatic heterocycles. The average molecular weight is 928 g/mol. The molecule has 1 heterocycles. The minimum atomic E-state index is -0.314. The van der Waals surface area contributed by atoms with Gasteiger partial charge in [-0.25, -0.2) is 0 Å². The van der Waals surface area contributed by atoms with Gasteiger partial charge < -0.3 is 18.8 Å². The molecule has 0 unspecified atom stereocenters. The predicted molar refractivity (Wildman–Crippen MR) is 263 cm³/mol. The first kappa shape index (κ1) is 44.2. The summed E-state index contributed by atoms with van der Waals surface area (Å²) >= 11 is 12.8. The van der Waals surface area contributed by atoms with Gasteiger partial charge in [0.1, 0.15) is 18.0 Å². The highest BCUT2D eigenvalue weighted by atomic mass is 35.5. The van der Waals surface area contributed by atoms with E-state index in [0.29, 0.717) is 72.7 Å². The largest absolute Gasteiger partial charge is 0.494 e. The maximum absolute atomic E-state index is 13.9. The molecule has 67 heavy (non-hydrogen) atoms. The van der Waals surface area contributed by atoms with E-state index in [4.69, 9.17) is 41.9 Å². The second kappa shape index (κ2) is 19.6. The van der Waals surface area contributed by atoms with Crippen LogP contribution in [0.5, 0.6) is 11.5 Å². The quantitative estimate of drug-likeness (QED) is 0.0776. The lowest BCUT2D eigenvalue weighted by Crippen LogP contribution is -2.27. The maximum Gasteiger partial charge on any atom is 0.261 e. The summed E-state index contributed by atoms with van der Waals surface area (Å²) < 4.78 is 17.8. The maximum atomic E-state index is 13.9. The molecule has 0 aliphatic carbocycles. The molecule has 0 spiro atoms. The van der Waals surface area contributed by atoms with Gasteiger partial charge in [0.05, 0.1) is 52.6 Å². The minimum absolute atomic E-state index is 0.201. The van der Waals surface area contributed by atoms with Gasteiger partial charge in [0.15, 0.2) is 11.5 Å². The van der Waals surface area contributed by atoms with Gasteiger partial charge in [-0.1, -0.05) is 96.0 Å². The standard InChI is InChI=1S/C52H40Cl2N8O5/c1-61(44-19-11-9-17-42(44)53)52(63)41-30-35-14-6-8-16-40(35)47(49(41)65-4)58-56-38-27-23-33(24-28-38)51-60-59-50(67-51)32-21-25-37(26-22-32)55-57-46-39-15-7-5-13-34(39)29-36(48(46)64-3)31-66-62(2)45-20-12-10-18-43(45)54/h5-30H,31H2,1-4H3. The Morgan fingerprint density at radius 3 is 1.60 bits per heavy atom. The van der Waals surface area contributed by atoms with Crippen LogP contribution >= 0.6 is 23.2 Å². The number of carbonyl (C=O) groups excluding carboxylic acids is 1. The number of anilines is 2. The number of methoxy groups -OCH3 is 2. The predicted octanol–water partition coefficient (Wildman–Crippen LogP) is 14.7. The van der Waals surface area contributed by atoms with Crippen molar-refractivity contribution >= 4 is 84.8 Å². The van der Waals surface area contributed by atoms with Gasteiger partial charge in [-0.3, -0.25) is 14.7 Å². The van der Waals surface area contributed by atoms with Crippen LogP contribution in [0.15, 0.2) is 183 Å². The van der Waals surface area contributed by atoms with Gasteiger partial charge >= 0.3 is 0 Å². The lowest BCUT2D eigenvalue weighted by atomic mass is 10.0. The van der Waals surface area contributed by atoms with Gasteiger partial charge in [0, 0.05) is 41.6 Å². The minimum Gasteiger partial charge on any atom is -0.494 e. The van der Waals surface area contributed by atoms with Gasteiger partial charge in [-0.05, 0) is 95.7 Å². The van der Waals surface area contributed by atoms with Crippen LogP contribution in [0.4, 0.5) is 34.1 Å². The second-order valence-corrected chi connectivity index (χ2v) is 15.9. The summed E-state index contributed by atoms with van der Waals surface area (Å²) in [6.07, 6.45) is 0. The Morgan fingerprint density at radius 1 is 0.582 bits per heavy atom. The number of nitrogens with zero attached hydrogens (tertiary/aromatic N) is 8. The Morgan fingerprint density at radius 2 is 1.06 bits per heavy atom. The van der Waals surface area contributed by atoms with Crippen molar-refractivity contribution in [2.45, 2.75) is 6.61 Å². The molecular weight excluding hydrogens is 888 g/mol. The van der Waals surface area contributed by atoms with Crippen LogP contribution in [0.25, 0.3) is 44.5 Å². The van der Waals surface area contributed by atoms with Crippen molar-refractivity contribution < 1.29 is 23.5 Å². The number of carbonyl (C=O) groups is 1. The van der Waals surface area contributed by atoms with E-state index in [2.05, 4.69) is 30.7 Å². The molecule has 8 aromatic carbocycles. The molecule has 0 aliphatic rings. The van der Waals surface area contributed by atoms with E-state index in [1.165, 1.54) is 12.0 Å². The van der Waals surface area contributed by atoms with Crippen molar-refractivity contribution in [2.24, 2.45) is 20.5 Å².